The summed E-state index contributed by atoms with van der Waals surface area (Å²) in [5, 5.41) is 11.4. The molecule has 0 bridgehead atoms. The predicted octanol–water partition coefficient (Wildman–Crippen LogP) is 4.39. The zero-order valence-electron chi connectivity index (χ0n) is 13.3. The Balaban J connectivity index is 2.57. The van der Waals surface area contributed by atoms with Crippen LogP contribution in [-0.2, 0) is 10.2 Å². The summed E-state index contributed by atoms with van der Waals surface area (Å²) in [6.45, 7) is 9.54. The lowest BCUT2D eigenvalue weighted by Crippen LogP contribution is -2.38. The molecule has 1 aromatic carbocycles. The SMILES string of the molecule is CC(C)(C)OC(=O)N1CC(C)(C)c2cc(Br)cc([N+](=O)[O-])c21. The number of carbonyl (C=O) groups excluding carboxylic acids is 1. The standard InChI is InChI=1S/C15H19BrN2O4/c1-14(2,3)22-13(19)17-8-15(4,5)10-6-9(16)7-11(12(10)17)18(20)21/h6-7H,8H2,1-5H3. The van der Waals surface area contributed by atoms with Crippen molar-refractivity contribution in [3.05, 3.63) is 32.3 Å². The highest BCUT2D eigenvalue weighted by molar-refractivity contribution is 9.10. The Morgan fingerprint density at radius 1 is 1.41 bits per heavy atom. The number of carbonyl (C=O) groups is 1. The first-order valence-corrected chi connectivity index (χ1v) is 7.70. The van der Waals surface area contributed by atoms with Crippen molar-refractivity contribution in [1.82, 2.24) is 0 Å². The zero-order valence-corrected chi connectivity index (χ0v) is 14.9. The van der Waals surface area contributed by atoms with Crippen molar-refractivity contribution in [3.8, 4) is 0 Å². The first-order valence-electron chi connectivity index (χ1n) is 6.91. The smallest absolute Gasteiger partial charge is 0.415 e. The van der Waals surface area contributed by atoms with Crippen molar-refractivity contribution in [2.45, 2.75) is 45.6 Å². The number of nitro groups is 1. The highest BCUT2D eigenvalue weighted by Crippen LogP contribution is 2.47. The number of amides is 1. The second-order valence-corrected chi connectivity index (χ2v) is 7.94. The fraction of sp³-hybridized carbons (Fsp3) is 0.533. The predicted molar refractivity (Wildman–Crippen MR) is 87.4 cm³/mol. The van der Waals surface area contributed by atoms with Crippen LogP contribution in [-0.4, -0.2) is 23.2 Å². The highest BCUT2D eigenvalue weighted by atomic mass is 79.9. The fourth-order valence-corrected chi connectivity index (χ4v) is 3.00. The Morgan fingerprint density at radius 2 is 2.00 bits per heavy atom. The summed E-state index contributed by atoms with van der Waals surface area (Å²) in [5.74, 6) is 0. The minimum absolute atomic E-state index is 0.0965. The maximum absolute atomic E-state index is 12.4. The van der Waals surface area contributed by atoms with Crippen LogP contribution in [0.1, 0.15) is 40.2 Å². The number of benzene rings is 1. The Labute approximate surface area is 137 Å². The largest absolute Gasteiger partial charge is 0.443 e. The number of nitrogens with zero attached hydrogens (tertiary/aromatic N) is 2. The number of hydrogen-bond acceptors (Lipinski definition) is 4. The Hall–Kier alpha value is -1.63. The lowest BCUT2D eigenvalue weighted by atomic mass is 9.87. The first-order chi connectivity index (χ1) is 9.92. The second kappa shape index (κ2) is 5.22. The van der Waals surface area contributed by atoms with E-state index in [0.29, 0.717) is 16.7 Å². The Bertz CT molecular complexity index is 650. The molecule has 120 valence electrons. The molecule has 0 N–H and O–H groups in total. The van der Waals surface area contributed by atoms with Gasteiger partial charge in [0.05, 0.1) is 4.92 Å². The van der Waals surface area contributed by atoms with Gasteiger partial charge in [-0.05, 0) is 32.4 Å². The van der Waals surface area contributed by atoms with Gasteiger partial charge in [-0.3, -0.25) is 15.0 Å². The van der Waals surface area contributed by atoms with Gasteiger partial charge in [0.15, 0.2) is 0 Å². The van der Waals surface area contributed by atoms with Crippen molar-refractivity contribution in [3.63, 3.8) is 0 Å². The van der Waals surface area contributed by atoms with Crippen LogP contribution in [0, 0.1) is 10.1 Å². The van der Waals surface area contributed by atoms with Gasteiger partial charge in [-0.25, -0.2) is 4.79 Å². The third-order valence-electron chi connectivity index (χ3n) is 3.42. The van der Waals surface area contributed by atoms with E-state index in [4.69, 9.17) is 4.74 Å². The lowest BCUT2D eigenvalue weighted by Gasteiger charge is -2.25. The minimum Gasteiger partial charge on any atom is -0.443 e. The van der Waals surface area contributed by atoms with Crippen LogP contribution in [0.15, 0.2) is 16.6 Å². The van der Waals surface area contributed by atoms with Gasteiger partial charge in [-0.2, -0.15) is 0 Å². The van der Waals surface area contributed by atoms with E-state index in [-0.39, 0.29) is 11.1 Å². The summed E-state index contributed by atoms with van der Waals surface area (Å²) in [4.78, 5) is 24.7. The molecule has 0 unspecified atom stereocenters. The van der Waals surface area contributed by atoms with Crippen LogP contribution >= 0.6 is 15.9 Å². The molecule has 1 aromatic rings. The topological polar surface area (TPSA) is 72.7 Å². The zero-order chi connectivity index (χ0) is 16.9. The summed E-state index contributed by atoms with van der Waals surface area (Å²) in [6.07, 6.45) is -0.565. The van der Waals surface area contributed by atoms with Crippen molar-refractivity contribution >= 4 is 33.4 Å². The fourth-order valence-electron chi connectivity index (χ4n) is 2.56. The van der Waals surface area contributed by atoms with Gasteiger partial charge in [0.25, 0.3) is 5.69 Å². The van der Waals surface area contributed by atoms with Crippen molar-refractivity contribution in [2.75, 3.05) is 11.4 Å². The number of anilines is 1. The summed E-state index contributed by atoms with van der Waals surface area (Å²) < 4.78 is 6.01. The minimum atomic E-state index is -0.659. The van der Waals surface area contributed by atoms with Crippen LogP contribution in [0.5, 0.6) is 0 Å². The van der Waals surface area contributed by atoms with Gasteiger partial charge >= 0.3 is 6.09 Å². The molecule has 1 aliphatic heterocycles. The molecule has 7 heteroatoms. The van der Waals surface area contributed by atoms with Crippen LogP contribution < -0.4 is 4.90 Å². The van der Waals surface area contributed by atoms with E-state index in [1.807, 2.05) is 19.9 Å². The Kier molecular flexibility index (Phi) is 3.97. The molecule has 22 heavy (non-hydrogen) atoms. The Morgan fingerprint density at radius 3 is 2.50 bits per heavy atom. The van der Waals surface area contributed by atoms with Gasteiger partial charge < -0.3 is 4.74 Å². The van der Waals surface area contributed by atoms with Gasteiger partial charge in [0, 0.05) is 22.5 Å². The summed E-state index contributed by atoms with van der Waals surface area (Å²) in [5.41, 5.74) is -0.0535. The molecular formula is C15H19BrN2O4. The average molecular weight is 371 g/mol. The highest BCUT2D eigenvalue weighted by Gasteiger charge is 2.44. The average Bonchev–Trinajstić information content (AvgIpc) is 2.58. The van der Waals surface area contributed by atoms with E-state index in [9.17, 15) is 14.9 Å². The molecule has 0 aliphatic carbocycles. The van der Waals surface area contributed by atoms with Gasteiger partial charge in [0.2, 0.25) is 0 Å². The summed E-state index contributed by atoms with van der Waals surface area (Å²) in [7, 11) is 0. The molecular weight excluding hydrogens is 352 g/mol. The van der Waals surface area contributed by atoms with E-state index in [2.05, 4.69) is 15.9 Å². The molecule has 0 spiro atoms. The molecule has 1 amide bonds. The first kappa shape index (κ1) is 16.7. The van der Waals surface area contributed by atoms with E-state index >= 15 is 0 Å². The summed E-state index contributed by atoms with van der Waals surface area (Å²) in [6, 6.07) is 3.24. The summed E-state index contributed by atoms with van der Waals surface area (Å²) >= 11 is 3.30. The molecule has 0 fully saturated rings. The molecule has 1 heterocycles. The van der Waals surface area contributed by atoms with Crippen LogP contribution in [0.25, 0.3) is 0 Å². The second-order valence-electron chi connectivity index (χ2n) is 7.03. The third kappa shape index (κ3) is 3.09. The third-order valence-corrected chi connectivity index (χ3v) is 3.88. The van der Waals surface area contributed by atoms with Crippen molar-refractivity contribution in [2.24, 2.45) is 0 Å². The molecule has 0 atom stereocenters. The molecule has 0 saturated carbocycles. The van der Waals surface area contributed by atoms with Crippen molar-refractivity contribution < 1.29 is 14.5 Å². The number of rotatable bonds is 1. The monoisotopic (exact) mass is 370 g/mol. The van der Waals surface area contributed by atoms with Crippen LogP contribution in [0.3, 0.4) is 0 Å². The van der Waals surface area contributed by atoms with Gasteiger partial charge in [-0.15, -0.1) is 0 Å². The quantitative estimate of drug-likeness (QED) is 0.542. The lowest BCUT2D eigenvalue weighted by molar-refractivity contribution is -0.384. The van der Waals surface area contributed by atoms with Gasteiger partial charge in [-0.1, -0.05) is 29.8 Å². The number of fused-ring (bicyclic) bond motifs is 1. The number of hydrogen-bond donors (Lipinski definition) is 0. The van der Waals surface area contributed by atoms with E-state index in [1.165, 1.54) is 11.0 Å². The molecule has 0 aromatic heterocycles. The molecule has 2 rings (SSSR count). The maximum atomic E-state index is 12.4. The van der Waals surface area contributed by atoms with E-state index < -0.39 is 16.6 Å². The number of halogens is 1. The molecule has 0 radical (unpaired) electrons. The maximum Gasteiger partial charge on any atom is 0.415 e. The van der Waals surface area contributed by atoms with E-state index in [1.54, 1.807) is 20.8 Å². The van der Waals surface area contributed by atoms with Gasteiger partial charge in [0.1, 0.15) is 11.3 Å². The molecule has 0 saturated heterocycles. The van der Waals surface area contributed by atoms with Crippen LogP contribution in [0.2, 0.25) is 0 Å². The van der Waals surface area contributed by atoms with Crippen LogP contribution in [0.4, 0.5) is 16.2 Å². The molecule has 1 aliphatic rings. The normalized spacial score (nSPS) is 16.4. The molecule has 6 nitrogen and oxygen atoms in total. The van der Waals surface area contributed by atoms with E-state index in [0.717, 1.165) is 5.56 Å². The van der Waals surface area contributed by atoms with Crippen molar-refractivity contribution in [1.29, 1.82) is 0 Å². The number of ether oxygens (including phenoxy) is 1. The number of nitro benzene ring substituents is 1.